The van der Waals surface area contributed by atoms with Crippen molar-refractivity contribution in [3.8, 4) is 0 Å². The van der Waals surface area contributed by atoms with E-state index in [0.29, 0.717) is 17.1 Å². The number of Topliss-reactive ketones (excluding diaryl/α,β-unsaturated/α-hetero) is 1. The molecule has 0 aliphatic heterocycles. The summed E-state index contributed by atoms with van der Waals surface area (Å²) in [6.45, 7) is 12.9. The van der Waals surface area contributed by atoms with Crippen LogP contribution in [0.1, 0.15) is 86.5 Å². The van der Waals surface area contributed by atoms with Crippen molar-refractivity contribution in [2.75, 3.05) is 0 Å². The summed E-state index contributed by atoms with van der Waals surface area (Å²) in [6.07, 6.45) is 8.34. The first-order valence-electron chi connectivity index (χ1n) is 9.09. The fraction of sp³-hybridized carbons (Fsp3) is 0.947. The van der Waals surface area contributed by atoms with Crippen molar-refractivity contribution in [2.45, 2.75) is 97.9 Å². The standard InChI is InChI=1S/C19H37NOS/c1-7-16(22)20-15(17(21)18(3,4)5)13-14-9-11-19(6,8-2)12-10-14/h14-16,20,22H,7-13H2,1-6H3. The molecule has 2 unspecified atom stereocenters. The van der Waals surface area contributed by atoms with Crippen molar-refractivity contribution < 1.29 is 4.79 Å². The molecule has 130 valence electrons. The summed E-state index contributed by atoms with van der Waals surface area (Å²) in [5, 5.41) is 3.58. The zero-order chi connectivity index (χ0) is 17.0. The van der Waals surface area contributed by atoms with E-state index in [9.17, 15) is 4.79 Å². The molecule has 3 heteroatoms. The number of thiol groups is 1. The van der Waals surface area contributed by atoms with E-state index in [1.807, 2.05) is 20.8 Å². The van der Waals surface area contributed by atoms with Crippen molar-refractivity contribution in [1.82, 2.24) is 5.32 Å². The van der Waals surface area contributed by atoms with Crippen LogP contribution in [0.25, 0.3) is 0 Å². The van der Waals surface area contributed by atoms with Crippen LogP contribution in [0.3, 0.4) is 0 Å². The molecule has 1 rings (SSSR count). The van der Waals surface area contributed by atoms with Gasteiger partial charge >= 0.3 is 0 Å². The van der Waals surface area contributed by atoms with E-state index >= 15 is 0 Å². The van der Waals surface area contributed by atoms with Gasteiger partial charge in [-0.3, -0.25) is 10.1 Å². The Morgan fingerprint density at radius 2 is 1.82 bits per heavy atom. The lowest BCUT2D eigenvalue weighted by molar-refractivity contribution is -0.129. The van der Waals surface area contributed by atoms with Crippen molar-refractivity contribution in [2.24, 2.45) is 16.7 Å². The molecular formula is C19H37NOS. The van der Waals surface area contributed by atoms with E-state index in [1.165, 1.54) is 32.1 Å². The highest BCUT2D eigenvalue weighted by Gasteiger charge is 2.35. The molecule has 1 fully saturated rings. The average molecular weight is 328 g/mol. The molecule has 22 heavy (non-hydrogen) atoms. The van der Waals surface area contributed by atoms with Gasteiger partial charge in [0.05, 0.1) is 11.4 Å². The third-order valence-electron chi connectivity index (χ3n) is 5.57. The highest BCUT2D eigenvalue weighted by atomic mass is 32.1. The molecule has 0 aromatic rings. The largest absolute Gasteiger partial charge is 0.297 e. The molecule has 0 heterocycles. The first kappa shape index (κ1) is 20.0. The molecule has 2 nitrogen and oxygen atoms in total. The summed E-state index contributed by atoms with van der Waals surface area (Å²) >= 11 is 4.56. The second-order valence-corrected chi connectivity index (χ2v) is 9.22. The summed E-state index contributed by atoms with van der Waals surface area (Å²) in [7, 11) is 0. The lowest BCUT2D eigenvalue weighted by Gasteiger charge is -2.38. The normalized spacial score (nSPS) is 29.1. The van der Waals surface area contributed by atoms with Gasteiger partial charge in [0.2, 0.25) is 0 Å². The van der Waals surface area contributed by atoms with Crippen LogP contribution in [-0.4, -0.2) is 17.2 Å². The third kappa shape index (κ3) is 5.88. The van der Waals surface area contributed by atoms with Crippen molar-refractivity contribution >= 4 is 18.4 Å². The van der Waals surface area contributed by atoms with Crippen LogP contribution in [-0.2, 0) is 4.79 Å². The SMILES string of the molecule is CCC(S)NC(CC1CCC(C)(CC)CC1)C(=O)C(C)(C)C. The minimum atomic E-state index is -0.286. The molecule has 0 saturated heterocycles. The number of rotatable bonds is 7. The molecule has 1 saturated carbocycles. The average Bonchev–Trinajstić information content (AvgIpc) is 2.47. The van der Waals surface area contributed by atoms with E-state index < -0.39 is 0 Å². The predicted molar refractivity (Wildman–Crippen MR) is 99.4 cm³/mol. The quantitative estimate of drug-likeness (QED) is 0.495. The third-order valence-corrected chi connectivity index (χ3v) is 6.09. The number of nitrogens with one attached hydrogen (secondary N) is 1. The zero-order valence-corrected chi connectivity index (χ0v) is 16.4. The number of carbonyl (C=O) groups is 1. The van der Waals surface area contributed by atoms with Crippen molar-refractivity contribution in [1.29, 1.82) is 0 Å². The van der Waals surface area contributed by atoms with Crippen LogP contribution < -0.4 is 5.32 Å². The Kier molecular flexibility index (Phi) is 7.45. The molecule has 0 aromatic carbocycles. The van der Waals surface area contributed by atoms with Gasteiger partial charge in [-0.2, -0.15) is 12.6 Å². The maximum atomic E-state index is 12.8. The monoisotopic (exact) mass is 327 g/mol. The fourth-order valence-electron chi connectivity index (χ4n) is 3.42. The van der Waals surface area contributed by atoms with Gasteiger partial charge in [0.25, 0.3) is 0 Å². The van der Waals surface area contributed by atoms with E-state index in [1.54, 1.807) is 0 Å². The maximum Gasteiger partial charge on any atom is 0.155 e. The van der Waals surface area contributed by atoms with Gasteiger partial charge in [0.1, 0.15) is 0 Å². The van der Waals surface area contributed by atoms with Gasteiger partial charge in [0, 0.05) is 5.41 Å². The van der Waals surface area contributed by atoms with Crippen LogP contribution in [0.15, 0.2) is 0 Å². The van der Waals surface area contributed by atoms with Gasteiger partial charge in [-0.05, 0) is 49.9 Å². The first-order valence-corrected chi connectivity index (χ1v) is 9.61. The number of hydrogen-bond donors (Lipinski definition) is 2. The molecule has 2 atom stereocenters. The van der Waals surface area contributed by atoms with Crippen LogP contribution in [0.5, 0.6) is 0 Å². The summed E-state index contributed by atoms with van der Waals surface area (Å²) in [6, 6.07) is -0.0431. The molecular weight excluding hydrogens is 290 g/mol. The predicted octanol–water partition coefficient (Wildman–Crippen LogP) is 5.22. The Hall–Kier alpha value is -0.0200. The van der Waals surface area contributed by atoms with Crippen LogP contribution in [0.2, 0.25) is 0 Å². The Morgan fingerprint density at radius 1 is 1.27 bits per heavy atom. The van der Waals surface area contributed by atoms with E-state index in [-0.39, 0.29) is 16.8 Å². The van der Waals surface area contributed by atoms with Gasteiger partial charge in [-0.15, -0.1) is 0 Å². The Bertz CT molecular complexity index is 353. The summed E-state index contributed by atoms with van der Waals surface area (Å²) < 4.78 is 0. The molecule has 0 amide bonds. The topological polar surface area (TPSA) is 29.1 Å². The summed E-state index contributed by atoms with van der Waals surface area (Å²) in [4.78, 5) is 12.8. The van der Waals surface area contributed by atoms with Crippen molar-refractivity contribution in [3.63, 3.8) is 0 Å². The van der Waals surface area contributed by atoms with Gasteiger partial charge in [-0.25, -0.2) is 0 Å². The van der Waals surface area contributed by atoms with E-state index in [2.05, 4.69) is 38.7 Å². The Morgan fingerprint density at radius 3 is 2.23 bits per heavy atom. The molecule has 1 N–H and O–H groups in total. The van der Waals surface area contributed by atoms with Crippen molar-refractivity contribution in [3.05, 3.63) is 0 Å². The Balaban J connectivity index is 2.67. The lowest BCUT2D eigenvalue weighted by atomic mass is 9.68. The minimum absolute atomic E-state index is 0.0431. The number of carbonyl (C=O) groups excluding carboxylic acids is 1. The molecule has 0 radical (unpaired) electrons. The number of ketones is 1. The highest BCUT2D eigenvalue weighted by Crippen LogP contribution is 2.42. The summed E-state index contributed by atoms with van der Waals surface area (Å²) in [5.74, 6) is 1.02. The first-order chi connectivity index (χ1) is 10.1. The van der Waals surface area contributed by atoms with Crippen LogP contribution >= 0.6 is 12.6 Å². The Labute approximate surface area is 143 Å². The zero-order valence-electron chi connectivity index (χ0n) is 15.5. The molecule has 1 aliphatic rings. The molecule has 0 bridgehead atoms. The van der Waals surface area contributed by atoms with Gasteiger partial charge < -0.3 is 0 Å². The van der Waals surface area contributed by atoms with E-state index in [4.69, 9.17) is 0 Å². The molecule has 0 spiro atoms. The highest BCUT2D eigenvalue weighted by molar-refractivity contribution is 7.80. The van der Waals surface area contributed by atoms with Gasteiger partial charge in [0.15, 0.2) is 5.78 Å². The van der Waals surface area contributed by atoms with Gasteiger partial charge in [-0.1, -0.05) is 48.0 Å². The number of hydrogen-bond acceptors (Lipinski definition) is 3. The second-order valence-electron chi connectivity index (χ2n) is 8.60. The molecule has 1 aliphatic carbocycles. The molecule has 0 aromatic heterocycles. The maximum absolute atomic E-state index is 12.8. The minimum Gasteiger partial charge on any atom is -0.297 e. The smallest absolute Gasteiger partial charge is 0.155 e. The van der Waals surface area contributed by atoms with Crippen LogP contribution in [0.4, 0.5) is 0 Å². The van der Waals surface area contributed by atoms with E-state index in [0.717, 1.165) is 12.8 Å². The second kappa shape index (κ2) is 8.19. The van der Waals surface area contributed by atoms with Crippen LogP contribution in [0, 0.1) is 16.7 Å². The fourth-order valence-corrected chi connectivity index (χ4v) is 3.60. The summed E-state index contributed by atoms with van der Waals surface area (Å²) in [5.41, 5.74) is 0.245. The lowest BCUT2D eigenvalue weighted by Crippen LogP contribution is -2.47.